The smallest absolute Gasteiger partial charge is 0.319 e. The Kier molecular flexibility index (Phi) is 8.31. The van der Waals surface area contributed by atoms with Crippen molar-refractivity contribution in [2.45, 2.75) is 69.2 Å². The summed E-state index contributed by atoms with van der Waals surface area (Å²) in [5.41, 5.74) is -0.795. The highest BCUT2D eigenvalue weighted by Crippen LogP contribution is 2.44. The molecule has 49 heavy (non-hydrogen) atoms. The molecule has 260 valence electrons. The topological polar surface area (TPSA) is 69.2 Å². The Morgan fingerprint density at radius 2 is 1.84 bits per heavy atom. The summed E-state index contributed by atoms with van der Waals surface area (Å²) in [6.45, 7) is 4.84. The van der Waals surface area contributed by atoms with Crippen molar-refractivity contribution >= 4 is 27.5 Å². The number of hydrogen-bond acceptors (Lipinski definition) is 8. The summed E-state index contributed by atoms with van der Waals surface area (Å²) in [4.78, 5) is 13.5. The lowest BCUT2D eigenvalue weighted by Gasteiger charge is -2.48. The molecule has 4 aromatic rings. The number of nitrogens with zero attached hydrogens (tertiary/aromatic N) is 4. The van der Waals surface area contributed by atoms with Crippen molar-refractivity contribution in [3.63, 3.8) is 0 Å². The summed E-state index contributed by atoms with van der Waals surface area (Å²) >= 11 is 0. The van der Waals surface area contributed by atoms with E-state index in [1.54, 1.807) is 19.1 Å². The van der Waals surface area contributed by atoms with Crippen LogP contribution in [0.2, 0.25) is 0 Å². The highest BCUT2D eigenvalue weighted by atomic mass is 19.1. The van der Waals surface area contributed by atoms with Crippen LogP contribution < -0.4 is 14.4 Å². The van der Waals surface area contributed by atoms with E-state index in [1.165, 1.54) is 25.3 Å². The van der Waals surface area contributed by atoms with Gasteiger partial charge >= 0.3 is 6.01 Å². The molecule has 0 saturated carbocycles. The predicted molar refractivity (Wildman–Crippen MR) is 178 cm³/mol. The molecule has 0 amide bonds. The van der Waals surface area contributed by atoms with Crippen LogP contribution in [0.4, 0.5) is 23.4 Å². The van der Waals surface area contributed by atoms with Crippen molar-refractivity contribution < 1.29 is 36.5 Å². The van der Waals surface area contributed by atoms with Crippen LogP contribution in [0.5, 0.6) is 11.8 Å². The van der Waals surface area contributed by atoms with E-state index in [-0.39, 0.29) is 47.0 Å². The van der Waals surface area contributed by atoms with Crippen LogP contribution >= 0.6 is 0 Å². The average molecular weight is 681 g/mol. The van der Waals surface area contributed by atoms with Gasteiger partial charge in [-0.05, 0) is 84.8 Å². The monoisotopic (exact) mass is 680 g/mol. The average Bonchev–Trinajstić information content (AvgIpc) is 3.61. The number of aromatic nitrogens is 2. The van der Waals surface area contributed by atoms with Gasteiger partial charge in [0.15, 0.2) is 12.6 Å². The molecule has 4 saturated heterocycles. The molecule has 1 spiro atoms. The molecular formula is C37H40F4N4O4. The van der Waals surface area contributed by atoms with Crippen LogP contribution in [0, 0.1) is 17.5 Å². The Balaban J connectivity index is 1.30. The van der Waals surface area contributed by atoms with Crippen LogP contribution in [-0.4, -0.2) is 85.5 Å². The molecule has 4 aliphatic rings. The van der Waals surface area contributed by atoms with Crippen molar-refractivity contribution in [3.8, 4) is 22.9 Å². The fraction of sp³-hybridized carbons (Fsp3) is 0.514. The van der Waals surface area contributed by atoms with Crippen molar-refractivity contribution in [2.24, 2.45) is 0 Å². The minimum absolute atomic E-state index is 0.0565. The van der Waals surface area contributed by atoms with Crippen molar-refractivity contribution in [1.29, 1.82) is 0 Å². The summed E-state index contributed by atoms with van der Waals surface area (Å²) in [5, 5.41) is 1.15. The van der Waals surface area contributed by atoms with E-state index in [4.69, 9.17) is 23.9 Å². The second kappa shape index (κ2) is 12.5. The molecule has 0 aliphatic carbocycles. The van der Waals surface area contributed by atoms with E-state index in [0.717, 1.165) is 38.6 Å². The minimum atomic E-state index is -0.941. The van der Waals surface area contributed by atoms with Crippen LogP contribution in [-0.2, 0) is 15.9 Å². The predicted octanol–water partition coefficient (Wildman–Crippen LogP) is 7.13. The van der Waals surface area contributed by atoms with Crippen molar-refractivity contribution in [2.75, 3.05) is 58.2 Å². The number of ether oxygens (including phenoxy) is 4. The maximum atomic E-state index is 17.2. The zero-order valence-electron chi connectivity index (χ0n) is 27.8. The number of alkyl halides is 1. The molecule has 1 aromatic heterocycles. The van der Waals surface area contributed by atoms with Gasteiger partial charge in [0, 0.05) is 45.0 Å². The van der Waals surface area contributed by atoms with E-state index in [9.17, 15) is 4.39 Å². The third-order valence-corrected chi connectivity index (χ3v) is 11.0. The maximum Gasteiger partial charge on any atom is 0.319 e. The van der Waals surface area contributed by atoms with Crippen molar-refractivity contribution in [3.05, 3.63) is 53.3 Å². The number of methoxy groups -OCH3 is 1. The third kappa shape index (κ3) is 5.56. The number of halogens is 4. The molecular weight excluding hydrogens is 640 g/mol. The highest BCUT2D eigenvalue weighted by molar-refractivity contribution is 6.03. The van der Waals surface area contributed by atoms with E-state index < -0.39 is 29.2 Å². The van der Waals surface area contributed by atoms with Gasteiger partial charge in [-0.25, -0.2) is 17.6 Å². The number of anilines is 1. The van der Waals surface area contributed by atoms with Gasteiger partial charge in [0.1, 0.15) is 41.5 Å². The Hall–Kier alpha value is -3.74. The van der Waals surface area contributed by atoms with Gasteiger partial charge in [0.05, 0.1) is 23.3 Å². The molecule has 0 radical (unpaired) electrons. The zero-order chi connectivity index (χ0) is 33.9. The van der Waals surface area contributed by atoms with Gasteiger partial charge < -0.3 is 23.8 Å². The number of piperidine rings is 1. The lowest BCUT2D eigenvalue weighted by atomic mass is 9.85. The molecule has 0 N–H and O–H groups in total. The molecule has 3 aromatic carbocycles. The zero-order valence-corrected chi connectivity index (χ0v) is 27.8. The molecule has 1 unspecified atom stereocenters. The van der Waals surface area contributed by atoms with E-state index >= 15 is 13.2 Å². The van der Waals surface area contributed by atoms with E-state index in [1.807, 2.05) is 4.90 Å². The number of fused-ring (bicyclic) bond motifs is 3. The fourth-order valence-corrected chi connectivity index (χ4v) is 8.59. The lowest BCUT2D eigenvalue weighted by Crippen LogP contribution is -2.56. The Labute approximate surface area is 282 Å². The number of rotatable bonds is 9. The summed E-state index contributed by atoms with van der Waals surface area (Å²) in [7, 11) is 1.47. The maximum absolute atomic E-state index is 17.2. The fourth-order valence-electron chi connectivity index (χ4n) is 8.59. The van der Waals surface area contributed by atoms with Crippen LogP contribution in [0.15, 0.2) is 30.3 Å². The van der Waals surface area contributed by atoms with E-state index in [0.29, 0.717) is 67.0 Å². The molecule has 0 bridgehead atoms. The molecule has 8 rings (SSSR count). The van der Waals surface area contributed by atoms with Gasteiger partial charge in [0.25, 0.3) is 0 Å². The first-order valence-electron chi connectivity index (χ1n) is 17.2. The first-order valence-corrected chi connectivity index (χ1v) is 17.2. The Morgan fingerprint density at radius 1 is 1.00 bits per heavy atom. The molecule has 5 heterocycles. The Morgan fingerprint density at radius 3 is 2.61 bits per heavy atom. The highest BCUT2D eigenvalue weighted by Gasteiger charge is 2.49. The second-order valence-corrected chi connectivity index (χ2v) is 13.9. The summed E-state index contributed by atoms with van der Waals surface area (Å²) in [6.07, 6.45) is 4.06. The summed E-state index contributed by atoms with van der Waals surface area (Å²) in [6, 6.07) is 7.33. The minimum Gasteiger partial charge on any atom is -0.468 e. The largest absolute Gasteiger partial charge is 0.468 e. The first kappa shape index (κ1) is 32.5. The molecule has 3 atom stereocenters. The Bertz CT molecular complexity index is 1920. The van der Waals surface area contributed by atoms with Crippen LogP contribution in [0.1, 0.15) is 51.0 Å². The van der Waals surface area contributed by atoms with Gasteiger partial charge in [-0.3, -0.25) is 4.90 Å². The second-order valence-electron chi connectivity index (χ2n) is 13.9. The summed E-state index contributed by atoms with van der Waals surface area (Å²) in [5.74, 6) is -1.56. The van der Waals surface area contributed by atoms with Gasteiger partial charge in [-0.2, -0.15) is 9.97 Å². The third-order valence-electron chi connectivity index (χ3n) is 11.0. The number of benzene rings is 3. The van der Waals surface area contributed by atoms with Crippen LogP contribution in [0.3, 0.4) is 0 Å². The SMILES string of the molecule is CCc1c(F)ccc2cc(OCOC)cc(-c3c(F)cc4c(N5CCCC6(CCO6)C5)nc(OC[C@@]56CCCN5C[C@H](F)C6)nc4c3F)c12. The van der Waals surface area contributed by atoms with Crippen LogP contribution in [0.25, 0.3) is 32.8 Å². The summed E-state index contributed by atoms with van der Waals surface area (Å²) < 4.78 is 86.5. The molecule has 8 nitrogen and oxygen atoms in total. The number of aryl methyl sites for hydroxylation is 1. The van der Waals surface area contributed by atoms with Gasteiger partial charge in [-0.1, -0.05) is 13.0 Å². The van der Waals surface area contributed by atoms with Gasteiger partial charge in [-0.15, -0.1) is 0 Å². The molecule has 4 aliphatic heterocycles. The number of hydrogen-bond donors (Lipinski definition) is 0. The normalized spacial score (nSPS) is 25.3. The lowest BCUT2D eigenvalue weighted by molar-refractivity contribution is -0.151. The standard InChI is InChI=1S/C37H40F4N4O4/c1-3-25-28(39)7-6-22-14-24(48-21-46-2)15-26(30(22)25)31-29(40)16-27-33(32(31)41)42-35(47-20-36-8-4-12-45(36)18-23(38)17-36)43-34(27)44-11-5-9-37(19-44)10-13-49-37/h6-7,14-16,23H,3-5,8-13,17-21H2,1-2H3/t23-,36+,37?/m1/s1. The van der Waals surface area contributed by atoms with Crippen molar-refractivity contribution in [1.82, 2.24) is 14.9 Å². The quantitative estimate of drug-likeness (QED) is 0.137. The molecule has 4 fully saturated rings. The first-order chi connectivity index (χ1) is 23.7. The van der Waals surface area contributed by atoms with Gasteiger partial charge in [0.2, 0.25) is 0 Å². The van der Waals surface area contributed by atoms with E-state index in [2.05, 4.69) is 9.88 Å². The molecule has 12 heteroatoms.